The minimum absolute atomic E-state index is 0.387. The van der Waals surface area contributed by atoms with Gasteiger partial charge in [-0.25, -0.2) is 4.98 Å². The van der Waals surface area contributed by atoms with Gasteiger partial charge in [0.05, 0.1) is 5.69 Å². The largest absolute Gasteiger partial charge is 0.481 e. The van der Waals surface area contributed by atoms with Crippen LogP contribution in [-0.2, 0) is 11.2 Å². The molecule has 0 saturated heterocycles. The predicted molar refractivity (Wildman–Crippen MR) is 84.0 cm³/mol. The van der Waals surface area contributed by atoms with Gasteiger partial charge in [-0.05, 0) is 38.4 Å². The van der Waals surface area contributed by atoms with Gasteiger partial charge in [-0.15, -0.1) is 11.3 Å². The Bertz CT molecular complexity index is 503. The summed E-state index contributed by atoms with van der Waals surface area (Å²) in [7, 11) is 0. The first-order valence-electron chi connectivity index (χ1n) is 7.19. The van der Waals surface area contributed by atoms with E-state index in [0.717, 1.165) is 27.4 Å². The predicted octanol–water partition coefficient (Wildman–Crippen LogP) is 3.34. The maximum Gasteiger partial charge on any atom is 0.312 e. The zero-order valence-electron chi connectivity index (χ0n) is 11.6. The van der Waals surface area contributed by atoms with Crippen LogP contribution in [0.4, 0.5) is 5.13 Å². The van der Waals surface area contributed by atoms with Crippen LogP contribution in [0.5, 0.6) is 0 Å². The summed E-state index contributed by atoms with van der Waals surface area (Å²) in [5.41, 5.74) is 0.808. The molecule has 0 bridgehead atoms. The Morgan fingerprint density at radius 1 is 1.45 bits per heavy atom. The lowest BCUT2D eigenvalue weighted by atomic mass is 9.95. The molecular weight excluding hydrogens is 292 g/mol. The van der Waals surface area contributed by atoms with Crippen LogP contribution in [0.1, 0.15) is 48.6 Å². The number of anilines is 1. The molecule has 0 aliphatic heterocycles. The fraction of sp³-hybridized carbons (Fsp3) is 0.714. The van der Waals surface area contributed by atoms with E-state index >= 15 is 0 Å². The summed E-state index contributed by atoms with van der Waals surface area (Å²) < 4.78 is 0. The molecule has 3 rings (SSSR count). The summed E-state index contributed by atoms with van der Waals surface area (Å²) in [6, 6.07) is 0.496. The Labute approximate surface area is 127 Å². The van der Waals surface area contributed by atoms with Crippen LogP contribution in [0.2, 0.25) is 0 Å². The fourth-order valence-electron chi connectivity index (χ4n) is 3.19. The number of carboxylic acid groups (broad SMARTS) is 1. The van der Waals surface area contributed by atoms with E-state index < -0.39 is 5.97 Å². The van der Waals surface area contributed by atoms with Gasteiger partial charge >= 0.3 is 5.97 Å². The number of carbonyl (C=O) groups is 1. The molecule has 1 fully saturated rings. The van der Waals surface area contributed by atoms with E-state index in [1.54, 1.807) is 11.3 Å². The molecule has 6 heteroatoms. The molecule has 0 aromatic carbocycles. The van der Waals surface area contributed by atoms with Crippen molar-refractivity contribution in [3.63, 3.8) is 0 Å². The van der Waals surface area contributed by atoms with E-state index in [0.29, 0.717) is 12.5 Å². The van der Waals surface area contributed by atoms with Crippen LogP contribution in [0.25, 0.3) is 0 Å². The van der Waals surface area contributed by atoms with Crippen molar-refractivity contribution in [2.75, 3.05) is 11.6 Å². The van der Waals surface area contributed by atoms with Crippen molar-refractivity contribution in [1.29, 1.82) is 0 Å². The molecule has 2 aliphatic carbocycles. The molecular formula is C14H20N2O2S2. The average Bonchev–Trinajstić information content (AvgIpc) is 2.98. The normalized spacial score (nSPS) is 29.1. The van der Waals surface area contributed by atoms with Crippen LogP contribution in [0.3, 0.4) is 0 Å². The van der Waals surface area contributed by atoms with E-state index in [1.807, 2.05) is 11.8 Å². The first-order chi connectivity index (χ1) is 9.67. The molecule has 0 amide bonds. The number of hydrogen-bond donors (Lipinski definition) is 2. The number of rotatable bonds is 4. The van der Waals surface area contributed by atoms with Crippen molar-refractivity contribution in [3.8, 4) is 0 Å². The number of nitrogens with zero attached hydrogens (tertiary/aromatic N) is 1. The number of aliphatic carboxylic acids is 1. The van der Waals surface area contributed by atoms with Crippen LogP contribution >= 0.6 is 23.1 Å². The summed E-state index contributed by atoms with van der Waals surface area (Å²) in [6.07, 6.45) is 8.73. The van der Waals surface area contributed by atoms with Crippen molar-refractivity contribution in [1.82, 2.24) is 4.98 Å². The number of thioether (sulfide) groups is 1. The Hall–Kier alpha value is -0.750. The van der Waals surface area contributed by atoms with E-state index in [2.05, 4.69) is 16.6 Å². The highest BCUT2D eigenvalue weighted by molar-refractivity contribution is 7.99. The van der Waals surface area contributed by atoms with Gasteiger partial charge in [-0.1, -0.05) is 6.42 Å². The van der Waals surface area contributed by atoms with Gasteiger partial charge in [-0.3, -0.25) is 4.79 Å². The van der Waals surface area contributed by atoms with Crippen LogP contribution in [0.15, 0.2) is 0 Å². The molecule has 3 atom stereocenters. The molecule has 0 radical (unpaired) electrons. The van der Waals surface area contributed by atoms with E-state index in [-0.39, 0.29) is 5.92 Å². The Morgan fingerprint density at radius 3 is 3.05 bits per heavy atom. The second-order valence-electron chi connectivity index (χ2n) is 5.62. The lowest BCUT2D eigenvalue weighted by Gasteiger charge is -2.28. The highest BCUT2D eigenvalue weighted by Crippen LogP contribution is 2.39. The number of nitrogens with one attached hydrogen (secondary N) is 1. The Morgan fingerprint density at radius 2 is 2.30 bits per heavy atom. The van der Waals surface area contributed by atoms with Crippen molar-refractivity contribution in [2.45, 2.75) is 55.7 Å². The van der Waals surface area contributed by atoms with Crippen molar-refractivity contribution in [2.24, 2.45) is 0 Å². The average molecular weight is 312 g/mol. The van der Waals surface area contributed by atoms with Gasteiger partial charge < -0.3 is 10.4 Å². The van der Waals surface area contributed by atoms with Gasteiger partial charge in [-0.2, -0.15) is 11.8 Å². The number of thiazole rings is 1. The summed E-state index contributed by atoms with van der Waals surface area (Å²) in [5.74, 6) is -1.12. The van der Waals surface area contributed by atoms with Gasteiger partial charge in [0.2, 0.25) is 0 Å². The van der Waals surface area contributed by atoms with Crippen molar-refractivity contribution in [3.05, 3.63) is 10.6 Å². The fourth-order valence-corrected chi connectivity index (χ4v) is 5.14. The second kappa shape index (κ2) is 5.93. The minimum Gasteiger partial charge on any atom is -0.481 e. The van der Waals surface area contributed by atoms with E-state index in [1.165, 1.54) is 25.7 Å². The first kappa shape index (κ1) is 14.2. The number of carboxylic acids is 1. The molecule has 1 aromatic rings. The topological polar surface area (TPSA) is 62.2 Å². The quantitative estimate of drug-likeness (QED) is 0.893. The molecule has 1 aromatic heterocycles. The molecule has 2 aliphatic rings. The molecule has 4 nitrogen and oxygen atoms in total. The molecule has 1 saturated carbocycles. The third-order valence-corrected chi connectivity index (χ3v) is 6.46. The molecule has 110 valence electrons. The first-order valence-corrected chi connectivity index (χ1v) is 9.29. The zero-order valence-corrected chi connectivity index (χ0v) is 13.2. The molecule has 20 heavy (non-hydrogen) atoms. The number of aromatic nitrogens is 1. The SMILES string of the molecule is CSC1CCCC(Nc2nc3c(s2)CCC3C(=O)O)C1. The Kier molecular flexibility index (Phi) is 4.21. The lowest BCUT2D eigenvalue weighted by molar-refractivity contribution is -0.138. The van der Waals surface area contributed by atoms with Gasteiger partial charge in [0, 0.05) is 16.2 Å². The van der Waals surface area contributed by atoms with Gasteiger partial charge in [0.1, 0.15) is 5.92 Å². The van der Waals surface area contributed by atoms with Crippen LogP contribution in [-0.4, -0.2) is 33.6 Å². The maximum absolute atomic E-state index is 11.2. The number of hydrogen-bond acceptors (Lipinski definition) is 5. The third kappa shape index (κ3) is 2.81. The van der Waals surface area contributed by atoms with Gasteiger partial charge in [0.15, 0.2) is 5.13 Å². The summed E-state index contributed by atoms with van der Waals surface area (Å²) in [5, 5.41) is 14.4. The van der Waals surface area contributed by atoms with Crippen molar-refractivity contribution < 1.29 is 9.90 Å². The summed E-state index contributed by atoms with van der Waals surface area (Å²) in [4.78, 5) is 16.9. The molecule has 3 unspecified atom stereocenters. The standard InChI is InChI=1S/C14H20N2O2S2/c1-19-9-4-2-3-8(7-9)15-14-16-12-10(13(17)18)5-6-11(12)20-14/h8-10H,2-7H2,1H3,(H,15,16)(H,17,18). The third-order valence-electron chi connectivity index (χ3n) is 4.30. The van der Waals surface area contributed by atoms with Gasteiger partial charge in [0.25, 0.3) is 0 Å². The summed E-state index contributed by atoms with van der Waals surface area (Å²) >= 11 is 3.61. The monoisotopic (exact) mass is 312 g/mol. The van der Waals surface area contributed by atoms with Crippen molar-refractivity contribution >= 4 is 34.2 Å². The smallest absolute Gasteiger partial charge is 0.312 e. The van der Waals surface area contributed by atoms with E-state index in [4.69, 9.17) is 0 Å². The van der Waals surface area contributed by atoms with Crippen LogP contribution in [0, 0.1) is 0 Å². The van der Waals surface area contributed by atoms with Crippen LogP contribution < -0.4 is 5.32 Å². The molecule has 2 N–H and O–H groups in total. The second-order valence-corrected chi connectivity index (χ2v) is 7.84. The maximum atomic E-state index is 11.2. The number of aryl methyl sites for hydroxylation is 1. The minimum atomic E-state index is -0.735. The molecule has 1 heterocycles. The number of fused-ring (bicyclic) bond motifs is 1. The van der Waals surface area contributed by atoms with E-state index in [9.17, 15) is 9.90 Å². The lowest BCUT2D eigenvalue weighted by Crippen LogP contribution is -2.28. The molecule has 0 spiro atoms. The Balaban J connectivity index is 1.67. The highest BCUT2D eigenvalue weighted by Gasteiger charge is 2.33. The summed E-state index contributed by atoms with van der Waals surface area (Å²) in [6.45, 7) is 0. The zero-order chi connectivity index (χ0) is 14.1. The highest BCUT2D eigenvalue weighted by atomic mass is 32.2.